The van der Waals surface area contributed by atoms with Crippen molar-refractivity contribution in [2.45, 2.75) is 33.1 Å². The summed E-state index contributed by atoms with van der Waals surface area (Å²) in [5.41, 5.74) is 6.88. The van der Waals surface area contributed by atoms with Gasteiger partial charge in [0, 0.05) is 17.0 Å². The number of nitrogens with zero attached hydrogens (tertiary/aromatic N) is 1. The van der Waals surface area contributed by atoms with Gasteiger partial charge in [-0.15, -0.1) is 0 Å². The van der Waals surface area contributed by atoms with Crippen LogP contribution >= 0.6 is 0 Å². The molecule has 0 spiro atoms. The van der Waals surface area contributed by atoms with Crippen LogP contribution in [0.15, 0.2) is 78.9 Å². The number of H-pyrrole nitrogens is 1. The first kappa shape index (κ1) is 18.6. The van der Waals surface area contributed by atoms with Gasteiger partial charge in [-0.2, -0.15) is 0 Å². The molecule has 0 bridgehead atoms. The lowest BCUT2D eigenvalue weighted by Crippen LogP contribution is -1.90. The van der Waals surface area contributed by atoms with E-state index in [0.29, 0.717) is 0 Å². The summed E-state index contributed by atoms with van der Waals surface area (Å²) < 4.78 is 0. The van der Waals surface area contributed by atoms with Crippen LogP contribution in [0.4, 0.5) is 0 Å². The van der Waals surface area contributed by atoms with Crippen LogP contribution in [-0.4, -0.2) is 9.97 Å². The van der Waals surface area contributed by atoms with Gasteiger partial charge in [-0.1, -0.05) is 61.9 Å². The zero-order valence-electron chi connectivity index (χ0n) is 17.6. The van der Waals surface area contributed by atoms with Crippen molar-refractivity contribution in [1.29, 1.82) is 0 Å². The molecule has 2 heterocycles. The van der Waals surface area contributed by atoms with Gasteiger partial charge in [-0.3, -0.25) is 4.98 Å². The Bertz CT molecular complexity index is 1340. The zero-order valence-corrected chi connectivity index (χ0v) is 17.6. The first-order valence-corrected chi connectivity index (χ1v) is 10.8. The van der Waals surface area contributed by atoms with E-state index in [-0.39, 0.29) is 0 Å². The Hall–Kier alpha value is -3.39. The second kappa shape index (κ2) is 7.79. The van der Waals surface area contributed by atoms with Crippen molar-refractivity contribution in [3.05, 3.63) is 90.1 Å². The van der Waals surface area contributed by atoms with Crippen LogP contribution in [0.3, 0.4) is 0 Å². The predicted molar refractivity (Wildman–Crippen MR) is 128 cm³/mol. The van der Waals surface area contributed by atoms with Gasteiger partial charge in [0.1, 0.15) is 0 Å². The predicted octanol–water partition coefficient (Wildman–Crippen LogP) is 7.70. The number of aromatic amines is 1. The average Bonchev–Trinajstić information content (AvgIpc) is 3.25. The van der Waals surface area contributed by atoms with E-state index in [4.69, 9.17) is 0 Å². The number of hydrogen-bond acceptors (Lipinski definition) is 1. The van der Waals surface area contributed by atoms with Crippen LogP contribution in [0.25, 0.3) is 44.2 Å². The molecule has 0 aliphatic rings. The summed E-state index contributed by atoms with van der Waals surface area (Å²) in [6, 6.07) is 28.4. The lowest BCUT2D eigenvalue weighted by atomic mass is 9.93. The molecule has 0 saturated carbocycles. The van der Waals surface area contributed by atoms with E-state index in [9.17, 15) is 0 Å². The van der Waals surface area contributed by atoms with Crippen LogP contribution in [-0.2, 0) is 6.42 Å². The highest BCUT2D eigenvalue weighted by atomic mass is 14.8. The Morgan fingerprint density at radius 1 is 0.767 bits per heavy atom. The first-order valence-electron chi connectivity index (χ1n) is 10.8. The molecule has 0 unspecified atom stereocenters. The van der Waals surface area contributed by atoms with E-state index in [1.54, 1.807) is 0 Å². The molecule has 3 aromatic carbocycles. The maximum atomic E-state index is 4.68. The number of fused-ring (bicyclic) bond motifs is 2. The van der Waals surface area contributed by atoms with Gasteiger partial charge in [0.15, 0.2) is 0 Å². The van der Waals surface area contributed by atoms with Gasteiger partial charge in [-0.25, -0.2) is 0 Å². The van der Waals surface area contributed by atoms with E-state index in [1.807, 2.05) is 13.0 Å². The second-order valence-corrected chi connectivity index (χ2v) is 8.08. The van der Waals surface area contributed by atoms with Gasteiger partial charge >= 0.3 is 0 Å². The van der Waals surface area contributed by atoms with E-state index < -0.39 is 0 Å². The quantitative estimate of drug-likeness (QED) is 0.306. The fourth-order valence-corrected chi connectivity index (χ4v) is 4.33. The largest absolute Gasteiger partial charge is 0.353 e. The smallest absolute Gasteiger partial charge is 0.0867 e. The Morgan fingerprint density at radius 2 is 1.60 bits per heavy atom. The molecule has 30 heavy (non-hydrogen) atoms. The molecule has 2 aromatic heterocycles. The Labute approximate surface area is 177 Å². The zero-order chi connectivity index (χ0) is 20.5. The van der Waals surface area contributed by atoms with Crippen molar-refractivity contribution < 1.29 is 0 Å². The van der Waals surface area contributed by atoms with Crippen molar-refractivity contribution in [3.63, 3.8) is 0 Å². The summed E-state index contributed by atoms with van der Waals surface area (Å²) in [5, 5.41) is 5.15. The topological polar surface area (TPSA) is 28.7 Å². The molecule has 5 rings (SSSR count). The molecule has 5 aromatic rings. The number of nitrogens with one attached hydrogen (secondary N) is 1. The van der Waals surface area contributed by atoms with E-state index >= 15 is 0 Å². The molecular formula is C28H26N2. The van der Waals surface area contributed by atoms with Gasteiger partial charge in [0.25, 0.3) is 0 Å². The van der Waals surface area contributed by atoms with Crippen LogP contribution in [0.1, 0.15) is 31.0 Å². The van der Waals surface area contributed by atoms with E-state index in [1.165, 1.54) is 45.5 Å². The maximum absolute atomic E-state index is 4.68. The minimum Gasteiger partial charge on any atom is -0.353 e. The summed E-state index contributed by atoms with van der Waals surface area (Å²) >= 11 is 0. The van der Waals surface area contributed by atoms with Crippen molar-refractivity contribution in [2.75, 3.05) is 0 Å². The fourth-order valence-electron chi connectivity index (χ4n) is 4.33. The number of aryl methyl sites for hydroxylation is 2. The van der Waals surface area contributed by atoms with Crippen LogP contribution in [0, 0.1) is 6.92 Å². The molecule has 0 amide bonds. The third kappa shape index (κ3) is 3.39. The minimum atomic E-state index is 0.979. The Balaban J connectivity index is 1.70. The normalized spacial score (nSPS) is 11.4. The molecule has 148 valence electrons. The van der Waals surface area contributed by atoms with Gasteiger partial charge in [-0.05, 0) is 77.2 Å². The molecule has 1 N–H and O–H groups in total. The van der Waals surface area contributed by atoms with Crippen molar-refractivity contribution in [2.24, 2.45) is 0 Å². The Morgan fingerprint density at radius 3 is 2.47 bits per heavy atom. The number of hydrogen-bond donors (Lipinski definition) is 1. The number of unbranched alkanes of at least 4 members (excludes halogenated alkanes) is 1. The SMILES string of the molecule is CCCCc1ccc2c(-c3ccc(-c4cccc(C)n4)[nH]3)c3ccccc3cc2c1. The van der Waals surface area contributed by atoms with Crippen LogP contribution in [0.2, 0.25) is 0 Å². The molecule has 0 aliphatic heterocycles. The fraction of sp³-hybridized carbons (Fsp3) is 0.179. The highest BCUT2D eigenvalue weighted by Gasteiger charge is 2.13. The summed E-state index contributed by atoms with van der Waals surface area (Å²) in [5.74, 6) is 0. The molecule has 0 radical (unpaired) electrons. The molecule has 2 heteroatoms. The van der Waals surface area contributed by atoms with Gasteiger partial charge in [0.2, 0.25) is 0 Å². The van der Waals surface area contributed by atoms with Crippen molar-refractivity contribution in [3.8, 4) is 22.6 Å². The highest BCUT2D eigenvalue weighted by molar-refractivity contribution is 6.12. The van der Waals surface area contributed by atoms with E-state index in [0.717, 1.165) is 29.2 Å². The van der Waals surface area contributed by atoms with Gasteiger partial charge < -0.3 is 4.98 Å². The standard InChI is InChI=1S/C28H26N2/c1-3-4-9-20-13-14-24-22(17-20)18-21-10-5-6-11-23(21)28(24)27-16-15-26(30-27)25-12-7-8-19(2)29-25/h5-8,10-18,30H,3-4,9H2,1-2H3. The summed E-state index contributed by atoms with van der Waals surface area (Å²) in [4.78, 5) is 8.33. The minimum absolute atomic E-state index is 0.979. The number of aromatic nitrogens is 2. The van der Waals surface area contributed by atoms with Crippen molar-refractivity contribution >= 4 is 21.5 Å². The van der Waals surface area contributed by atoms with Crippen molar-refractivity contribution in [1.82, 2.24) is 9.97 Å². The molecule has 2 nitrogen and oxygen atoms in total. The number of pyridine rings is 1. The molecule has 0 saturated heterocycles. The third-order valence-electron chi connectivity index (χ3n) is 5.87. The lowest BCUT2D eigenvalue weighted by molar-refractivity contribution is 0.796. The van der Waals surface area contributed by atoms with E-state index in [2.05, 4.69) is 89.7 Å². The molecule has 0 aliphatic carbocycles. The summed E-state index contributed by atoms with van der Waals surface area (Å²) in [6.45, 7) is 4.28. The first-order chi connectivity index (χ1) is 14.7. The number of rotatable bonds is 5. The third-order valence-corrected chi connectivity index (χ3v) is 5.87. The average molecular weight is 391 g/mol. The summed E-state index contributed by atoms with van der Waals surface area (Å²) in [6.07, 6.45) is 3.59. The molecule has 0 atom stereocenters. The maximum Gasteiger partial charge on any atom is 0.0867 e. The van der Waals surface area contributed by atoms with Gasteiger partial charge in [0.05, 0.1) is 11.4 Å². The molecular weight excluding hydrogens is 364 g/mol. The highest BCUT2D eigenvalue weighted by Crippen LogP contribution is 2.37. The second-order valence-electron chi connectivity index (χ2n) is 8.08. The van der Waals surface area contributed by atoms with Crippen LogP contribution < -0.4 is 0 Å². The van der Waals surface area contributed by atoms with Crippen LogP contribution in [0.5, 0.6) is 0 Å². The Kier molecular flexibility index (Phi) is 4.84. The number of benzene rings is 3. The molecule has 0 fully saturated rings. The monoisotopic (exact) mass is 390 g/mol. The lowest BCUT2D eigenvalue weighted by Gasteiger charge is -2.12. The summed E-state index contributed by atoms with van der Waals surface area (Å²) in [7, 11) is 0.